The summed E-state index contributed by atoms with van der Waals surface area (Å²) in [6, 6.07) is 13.5. The molecule has 48 heavy (non-hydrogen) atoms. The van der Waals surface area contributed by atoms with Crippen LogP contribution in [0.2, 0.25) is 0 Å². The minimum absolute atomic E-state index is 0. The Hall–Kier alpha value is -3.31. The van der Waals surface area contributed by atoms with Crippen LogP contribution in [0.25, 0.3) is 0 Å². The molecule has 0 unspecified atom stereocenters. The second-order valence-electron chi connectivity index (χ2n) is 15.2. The fourth-order valence-electron chi connectivity index (χ4n) is 7.67. The van der Waals surface area contributed by atoms with Crippen LogP contribution in [0.3, 0.4) is 0 Å². The molecule has 264 valence electrons. The summed E-state index contributed by atoms with van der Waals surface area (Å²) >= 11 is 1.49. The molecule has 0 aromatic heterocycles. The molecule has 9 nitrogen and oxygen atoms in total. The average molecular weight is 683 g/mol. The van der Waals surface area contributed by atoms with Gasteiger partial charge in [0.1, 0.15) is 11.2 Å². The minimum atomic E-state index is -0.535. The SMILES string of the molecule is C[C@@H]1CN(c2c(F)cccc2[C@@H]2S[C@@H](CC(=O)N3CCC(N4CCc5ccccc5NC4=O)CC3)C(=O)N2CCC(C)(C)C)C[C@H](C)N1.[HH].[HH]. The van der Waals surface area contributed by atoms with Gasteiger partial charge in [0.05, 0.1) is 10.9 Å². The summed E-state index contributed by atoms with van der Waals surface area (Å²) in [5, 5.41) is 5.68. The Labute approximate surface area is 291 Å². The number of nitrogens with one attached hydrogen (secondary N) is 2. The number of nitrogens with zero attached hydrogens (tertiary/aromatic N) is 4. The molecule has 2 aromatic rings. The van der Waals surface area contributed by atoms with Crippen molar-refractivity contribution in [1.82, 2.24) is 20.0 Å². The van der Waals surface area contributed by atoms with Gasteiger partial charge in [-0.1, -0.05) is 51.1 Å². The lowest BCUT2D eigenvalue weighted by molar-refractivity contribution is -0.137. The lowest BCUT2D eigenvalue weighted by Crippen LogP contribution is -2.54. The Balaban J connectivity index is 0.00000281. The predicted molar refractivity (Wildman–Crippen MR) is 195 cm³/mol. The third kappa shape index (κ3) is 7.62. The van der Waals surface area contributed by atoms with Gasteiger partial charge in [-0.2, -0.15) is 0 Å². The minimum Gasteiger partial charge on any atom is -0.366 e. The number of para-hydroxylation sites is 2. The Morgan fingerprint density at radius 1 is 1.00 bits per heavy atom. The van der Waals surface area contributed by atoms with Crippen LogP contribution < -0.4 is 15.5 Å². The summed E-state index contributed by atoms with van der Waals surface area (Å²) < 4.78 is 15.7. The molecule has 4 heterocycles. The second-order valence-corrected chi connectivity index (χ2v) is 16.5. The van der Waals surface area contributed by atoms with E-state index in [4.69, 9.17) is 0 Å². The van der Waals surface area contributed by atoms with Gasteiger partial charge >= 0.3 is 6.03 Å². The number of piperidine rings is 1. The number of fused-ring (bicyclic) bond motifs is 1. The number of carbonyl (C=O) groups is 3. The second kappa shape index (κ2) is 14.3. The molecule has 4 atom stereocenters. The van der Waals surface area contributed by atoms with Crippen LogP contribution >= 0.6 is 11.8 Å². The van der Waals surface area contributed by atoms with Gasteiger partial charge < -0.3 is 30.2 Å². The molecule has 0 saturated carbocycles. The first-order valence-electron chi connectivity index (χ1n) is 17.6. The Morgan fingerprint density at radius 3 is 2.42 bits per heavy atom. The van der Waals surface area contributed by atoms with Crippen molar-refractivity contribution in [3.8, 4) is 0 Å². The first-order valence-corrected chi connectivity index (χ1v) is 18.5. The first kappa shape index (κ1) is 34.5. The molecule has 4 aliphatic rings. The van der Waals surface area contributed by atoms with Crippen LogP contribution in [0.15, 0.2) is 42.5 Å². The zero-order valence-electron chi connectivity index (χ0n) is 29.0. The maximum Gasteiger partial charge on any atom is 0.322 e. The molecule has 3 saturated heterocycles. The summed E-state index contributed by atoms with van der Waals surface area (Å²) in [4.78, 5) is 48.7. The summed E-state index contributed by atoms with van der Waals surface area (Å²) in [5.74, 6) is -0.356. The highest BCUT2D eigenvalue weighted by Crippen LogP contribution is 2.48. The molecule has 0 aliphatic carbocycles. The number of likely N-dealkylation sites (tertiary alicyclic amines) is 1. The third-order valence-electron chi connectivity index (χ3n) is 10.2. The number of thioether (sulfide) groups is 1. The van der Waals surface area contributed by atoms with Crippen LogP contribution in [0.5, 0.6) is 0 Å². The third-order valence-corrected chi connectivity index (χ3v) is 11.6. The van der Waals surface area contributed by atoms with Crippen molar-refractivity contribution < 1.29 is 21.6 Å². The van der Waals surface area contributed by atoms with Gasteiger partial charge in [0.15, 0.2) is 0 Å². The van der Waals surface area contributed by atoms with Crippen LogP contribution in [-0.4, -0.2) is 95.2 Å². The zero-order valence-corrected chi connectivity index (χ0v) is 29.8. The van der Waals surface area contributed by atoms with E-state index in [2.05, 4.69) is 56.2 Å². The van der Waals surface area contributed by atoms with Gasteiger partial charge in [0.25, 0.3) is 0 Å². The number of carbonyl (C=O) groups excluding carboxylic acids is 3. The summed E-state index contributed by atoms with van der Waals surface area (Å²) in [7, 11) is 0. The highest BCUT2D eigenvalue weighted by Gasteiger charge is 2.45. The van der Waals surface area contributed by atoms with E-state index < -0.39 is 5.25 Å². The molecule has 6 rings (SSSR count). The van der Waals surface area contributed by atoms with E-state index in [1.807, 2.05) is 39.0 Å². The number of benzene rings is 2. The molecule has 3 fully saturated rings. The fourth-order valence-corrected chi connectivity index (χ4v) is 9.17. The largest absolute Gasteiger partial charge is 0.366 e. The van der Waals surface area contributed by atoms with Crippen molar-refractivity contribution >= 4 is 41.0 Å². The van der Waals surface area contributed by atoms with Gasteiger partial charge in [-0.25, -0.2) is 9.18 Å². The van der Waals surface area contributed by atoms with Crippen LogP contribution in [0, 0.1) is 11.2 Å². The lowest BCUT2D eigenvalue weighted by Gasteiger charge is -2.39. The molecule has 4 amide bonds. The topological polar surface area (TPSA) is 88.2 Å². The van der Waals surface area contributed by atoms with Gasteiger partial charge in [-0.3, -0.25) is 9.59 Å². The Morgan fingerprint density at radius 2 is 1.71 bits per heavy atom. The van der Waals surface area contributed by atoms with Gasteiger partial charge in [-0.15, -0.1) is 11.8 Å². The number of urea groups is 1. The molecular formula is C37H55FN6O3S. The lowest BCUT2D eigenvalue weighted by atomic mass is 9.92. The zero-order chi connectivity index (χ0) is 34.2. The van der Waals surface area contributed by atoms with Crippen molar-refractivity contribution in [2.75, 3.05) is 49.5 Å². The molecule has 0 spiro atoms. The number of rotatable bonds is 7. The summed E-state index contributed by atoms with van der Waals surface area (Å²) in [6.45, 7) is 14.3. The van der Waals surface area contributed by atoms with Crippen LogP contribution in [0.4, 0.5) is 20.6 Å². The summed E-state index contributed by atoms with van der Waals surface area (Å²) in [6.07, 6.45) is 3.11. The monoisotopic (exact) mass is 682 g/mol. The maximum atomic E-state index is 15.7. The quantitative estimate of drug-likeness (QED) is 0.354. The maximum absolute atomic E-state index is 15.7. The number of piperazine rings is 1. The standard InChI is InChI=1S/C37H51FN6O3S.2H2/c1-24-22-42(23-25(2)39-24)33-28(10-8-11-29(33)38)35-44(20-16-37(3,4)5)34(46)31(48-35)21-32(45)41-17-14-27(15-18-41)43-19-13-26-9-6-7-12-30(26)40-36(43)47;;/h6-12,24-25,27,31,35,39H,13-23H2,1-5H3,(H,40,47);2*1H/t24-,25+,31-,35-;;/m0../s1. The smallest absolute Gasteiger partial charge is 0.322 e. The highest BCUT2D eigenvalue weighted by molar-refractivity contribution is 8.01. The van der Waals surface area contributed by atoms with Gasteiger partial charge in [0.2, 0.25) is 11.8 Å². The number of hydrogen-bond acceptors (Lipinski definition) is 6. The van der Waals surface area contributed by atoms with E-state index in [0.29, 0.717) is 57.8 Å². The molecule has 0 bridgehead atoms. The summed E-state index contributed by atoms with van der Waals surface area (Å²) in [5.41, 5.74) is 3.39. The van der Waals surface area contributed by atoms with Crippen molar-refractivity contribution in [3.63, 3.8) is 0 Å². The van der Waals surface area contributed by atoms with E-state index in [1.165, 1.54) is 17.8 Å². The van der Waals surface area contributed by atoms with E-state index >= 15 is 4.39 Å². The number of halogens is 1. The predicted octanol–water partition coefficient (Wildman–Crippen LogP) is 6.35. The van der Waals surface area contributed by atoms with E-state index in [1.54, 1.807) is 6.07 Å². The number of anilines is 2. The molecule has 2 N–H and O–H groups in total. The molecule has 4 aliphatic heterocycles. The number of hydrogen-bond donors (Lipinski definition) is 2. The fraction of sp³-hybridized carbons (Fsp3) is 0.595. The number of amides is 4. The molecule has 2 aromatic carbocycles. The van der Waals surface area contributed by atoms with Crippen molar-refractivity contribution in [2.45, 2.75) is 95.5 Å². The molecule has 0 radical (unpaired) electrons. The van der Waals surface area contributed by atoms with E-state index in [-0.39, 0.29) is 61.9 Å². The van der Waals surface area contributed by atoms with Crippen molar-refractivity contribution in [2.24, 2.45) is 5.41 Å². The molecule has 11 heteroatoms. The van der Waals surface area contributed by atoms with Gasteiger partial charge in [-0.05, 0) is 62.6 Å². The molecular weight excluding hydrogens is 628 g/mol. The Kier molecular flexibility index (Phi) is 10.3. The van der Waals surface area contributed by atoms with Crippen molar-refractivity contribution in [3.05, 3.63) is 59.4 Å². The average Bonchev–Trinajstić information content (AvgIpc) is 3.23. The van der Waals surface area contributed by atoms with Crippen LogP contribution in [-0.2, 0) is 16.0 Å². The van der Waals surface area contributed by atoms with Crippen LogP contribution in [0.1, 0.15) is 79.7 Å². The highest BCUT2D eigenvalue weighted by atomic mass is 32.2. The Bertz CT molecular complexity index is 1510. The van der Waals surface area contributed by atoms with Gasteiger partial charge in [0, 0.05) is 77.9 Å². The first-order chi connectivity index (χ1) is 22.9. The normalized spacial score (nSPS) is 25.6. The van der Waals surface area contributed by atoms with E-state index in [0.717, 1.165) is 29.7 Å². The van der Waals surface area contributed by atoms with Crippen molar-refractivity contribution in [1.29, 1.82) is 0 Å². The van der Waals surface area contributed by atoms with E-state index in [9.17, 15) is 14.4 Å².